The largest absolute Gasteiger partial charge is 0.396 e. The highest BCUT2D eigenvalue weighted by Gasteiger charge is 2.23. The Kier molecular flexibility index (Phi) is 3.16. The van der Waals surface area contributed by atoms with Crippen molar-refractivity contribution < 1.29 is 9.50 Å². The Balaban J connectivity index is 1.90. The summed E-state index contributed by atoms with van der Waals surface area (Å²) < 4.78 is 12.6. The average molecular weight is 210 g/mol. The van der Waals surface area contributed by atoms with E-state index in [0.29, 0.717) is 17.8 Å². The van der Waals surface area contributed by atoms with Gasteiger partial charge in [-0.2, -0.15) is 0 Å². The minimum Gasteiger partial charge on any atom is -0.396 e. The molecule has 0 spiro atoms. The lowest BCUT2D eigenvalue weighted by molar-refractivity contribution is 0.229. The van der Waals surface area contributed by atoms with E-state index in [-0.39, 0.29) is 12.4 Å². The second-order valence-electron chi connectivity index (χ2n) is 4.06. The number of hydrogen-bond acceptors (Lipinski definition) is 3. The number of pyridine rings is 1. The summed E-state index contributed by atoms with van der Waals surface area (Å²) in [5, 5.41) is 12.2. The molecule has 3 nitrogen and oxygen atoms in total. The number of rotatable bonds is 3. The van der Waals surface area contributed by atoms with Gasteiger partial charge in [-0.3, -0.25) is 0 Å². The van der Waals surface area contributed by atoms with E-state index in [9.17, 15) is 4.39 Å². The van der Waals surface area contributed by atoms with Crippen LogP contribution in [-0.2, 0) is 0 Å². The molecule has 1 aliphatic rings. The molecule has 2 N–H and O–H groups in total. The molecule has 1 aromatic rings. The molecule has 0 bridgehead atoms. The normalized spacial score (nSPS) is 25.5. The Morgan fingerprint density at radius 3 is 2.93 bits per heavy atom. The average Bonchev–Trinajstić information content (AvgIpc) is 2.69. The Morgan fingerprint density at radius 1 is 1.47 bits per heavy atom. The maximum atomic E-state index is 12.6. The van der Waals surface area contributed by atoms with Gasteiger partial charge in [0, 0.05) is 12.6 Å². The van der Waals surface area contributed by atoms with Crippen molar-refractivity contribution >= 4 is 5.82 Å². The summed E-state index contributed by atoms with van der Waals surface area (Å²) in [6.45, 7) is 0.259. The van der Waals surface area contributed by atoms with Crippen LogP contribution in [-0.4, -0.2) is 22.7 Å². The monoisotopic (exact) mass is 210 g/mol. The van der Waals surface area contributed by atoms with Gasteiger partial charge >= 0.3 is 0 Å². The summed E-state index contributed by atoms with van der Waals surface area (Å²) in [6, 6.07) is 3.40. The van der Waals surface area contributed by atoms with Crippen molar-refractivity contribution in [1.82, 2.24) is 4.98 Å². The van der Waals surface area contributed by atoms with Gasteiger partial charge in [-0.05, 0) is 37.3 Å². The molecule has 0 unspecified atom stereocenters. The number of aliphatic hydroxyl groups excluding tert-OH is 1. The number of halogens is 1. The molecule has 2 rings (SSSR count). The van der Waals surface area contributed by atoms with Crippen molar-refractivity contribution in [3.8, 4) is 0 Å². The van der Waals surface area contributed by atoms with Gasteiger partial charge in [0.1, 0.15) is 11.6 Å². The molecule has 1 aromatic heterocycles. The molecule has 0 aliphatic heterocycles. The molecule has 15 heavy (non-hydrogen) atoms. The Bertz CT molecular complexity index is 315. The summed E-state index contributed by atoms with van der Waals surface area (Å²) >= 11 is 0. The third-order valence-corrected chi connectivity index (χ3v) is 2.88. The third kappa shape index (κ3) is 2.65. The van der Waals surface area contributed by atoms with Gasteiger partial charge in [-0.1, -0.05) is 0 Å². The van der Waals surface area contributed by atoms with Crippen molar-refractivity contribution in [3.05, 3.63) is 24.1 Å². The molecule has 1 saturated carbocycles. The Morgan fingerprint density at radius 2 is 2.33 bits per heavy atom. The van der Waals surface area contributed by atoms with E-state index < -0.39 is 0 Å². The van der Waals surface area contributed by atoms with Crippen LogP contribution >= 0.6 is 0 Å². The van der Waals surface area contributed by atoms with Crippen LogP contribution < -0.4 is 5.32 Å². The van der Waals surface area contributed by atoms with E-state index in [1.54, 1.807) is 6.07 Å². The second kappa shape index (κ2) is 4.57. The minimum absolute atomic E-state index is 0.259. The van der Waals surface area contributed by atoms with Crippen molar-refractivity contribution in [2.75, 3.05) is 11.9 Å². The summed E-state index contributed by atoms with van der Waals surface area (Å²) in [5.74, 6) is 0.795. The van der Waals surface area contributed by atoms with E-state index in [1.807, 2.05) is 0 Å². The molecule has 4 heteroatoms. The lowest BCUT2D eigenvalue weighted by Gasteiger charge is -2.12. The molecule has 1 heterocycles. The maximum Gasteiger partial charge on any atom is 0.141 e. The standard InChI is InChI=1S/C11H15FN2O/c12-9-2-4-11(13-6-9)14-10-3-1-8(5-10)7-15/h2,4,6,8,10,15H,1,3,5,7H2,(H,13,14)/t8-,10+/m1/s1. The van der Waals surface area contributed by atoms with Crippen LogP contribution in [0.1, 0.15) is 19.3 Å². The molecule has 2 atom stereocenters. The number of aromatic nitrogens is 1. The Labute approximate surface area is 88.3 Å². The van der Waals surface area contributed by atoms with E-state index in [2.05, 4.69) is 10.3 Å². The number of aliphatic hydroxyl groups is 1. The van der Waals surface area contributed by atoms with E-state index >= 15 is 0 Å². The molecule has 0 aromatic carbocycles. The highest BCUT2D eigenvalue weighted by Crippen LogP contribution is 2.27. The predicted octanol–water partition coefficient (Wildman–Crippen LogP) is 1.79. The molecule has 1 aliphatic carbocycles. The number of anilines is 1. The van der Waals surface area contributed by atoms with Gasteiger partial charge in [0.15, 0.2) is 0 Å². The van der Waals surface area contributed by atoms with Crippen LogP contribution in [0.3, 0.4) is 0 Å². The highest BCUT2D eigenvalue weighted by molar-refractivity contribution is 5.35. The summed E-state index contributed by atoms with van der Waals surface area (Å²) in [5.41, 5.74) is 0. The van der Waals surface area contributed by atoms with Crippen molar-refractivity contribution in [3.63, 3.8) is 0 Å². The van der Waals surface area contributed by atoms with E-state index in [4.69, 9.17) is 5.11 Å². The van der Waals surface area contributed by atoms with Gasteiger partial charge < -0.3 is 10.4 Å². The molecule has 0 saturated heterocycles. The van der Waals surface area contributed by atoms with Gasteiger partial charge in [0.05, 0.1) is 6.20 Å². The number of nitrogens with one attached hydrogen (secondary N) is 1. The van der Waals surface area contributed by atoms with E-state index in [0.717, 1.165) is 19.3 Å². The van der Waals surface area contributed by atoms with Gasteiger partial charge in [-0.15, -0.1) is 0 Å². The van der Waals surface area contributed by atoms with Gasteiger partial charge in [0.25, 0.3) is 0 Å². The van der Waals surface area contributed by atoms with Gasteiger partial charge in [0.2, 0.25) is 0 Å². The van der Waals surface area contributed by atoms with Crippen LogP contribution in [0.25, 0.3) is 0 Å². The third-order valence-electron chi connectivity index (χ3n) is 2.88. The lowest BCUT2D eigenvalue weighted by atomic mass is 10.1. The summed E-state index contributed by atoms with van der Waals surface area (Å²) in [6.07, 6.45) is 4.27. The molecule has 82 valence electrons. The fraction of sp³-hybridized carbons (Fsp3) is 0.545. The van der Waals surface area contributed by atoms with Crippen LogP contribution in [0.2, 0.25) is 0 Å². The molecular formula is C11H15FN2O. The van der Waals surface area contributed by atoms with Crippen LogP contribution in [0.4, 0.5) is 10.2 Å². The lowest BCUT2D eigenvalue weighted by Crippen LogP contribution is -2.16. The van der Waals surface area contributed by atoms with Crippen molar-refractivity contribution in [2.24, 2.45) is 5.92 Å². The molecule has 1 fully saturated rings. The zero-order valence-corrected chi connectivity index (χ0v) is 8.49. The minimum atomic E-state index is -0.319. The zero-order valence-electron chi connectivity index (χ0n) is 8.49. The fourth-order valence-corrected chi connectivity index (χ4v) is 2.04. The second-order valence-corrected chi connectivity index (χ2v) is 4.06. The first-order valence-corrected chi connectivity index (χ1v) is 5.27. The van der Waals surface area contributed by atoms with Crippen LogP contribution in [0.15, 0.2) is 18.3 Å². The molecule has 0 amide bonds. The maximum absolute atomic E-state index is 12.6. The predicted molar refractivity (Wildman–Crippen MR) is 56.0 cm³/mol. The fourth-order valence-electron chi connectivity index (χ4n) is 2.04. The van der Waals surface area contributed by atoms with Crippen molar-refractivity contribution in [1.29, 1.82) is 0 Å². The topological polar surface area (TPSA) is 45.1 Å². The smallest absolute Gasteiger partial charge is 0.141 e. The zero-order chi connectivity index (χ0) is 10.7. The van der Waals surface area contributed by atoms with Gasteiger partial charge in [-0.25, -0.2) is 9.37 Å². The number of nitrogens with zero attached hydrogens (tertiary/aromatic N) is 1. The van der Waals surface area contributed by atoms with Crippen LogP contribution in [0, 0.1) is 11.7 Å². The van der Waals surface area contributed by atoms with Crippen LogP contribution in [0.5, 0.6) is 0 Å². The van der Waals surface area contributed by atoms with Crippen molar-refractivity contribution in [2.45, 2.75) is 25.3 Å². The molecular weight excluding hydrogens is 195 g/mol. The first-order valence-electron chi connectivity index (χ1n) is 5.27. The molecule has 0 radical (unpaired) electrons. The number of hydrogen-bond donors (Lipinski definition) is 2. The highest BCUT2D eigenvalue weighted by atomic mass is 19.1. The quantitative estimate of drug-likeness (QED) is 0.799. The Hall–Kier alpha value is -1.16. The first-order chi connectivity index (χ1) is 7.28. The summed E-state index contributed by atoms with van der Waals surface area (Å²) in [7, 11) is 0. The SMILES string of the molecule is OC[C@@H]1CC[C@H](Nc2ccc(F)cn2)C1. The first kappa shape index (κ1) is 10.4. The summed E-state index contributed by atoms with van der Waals surface area (Å²) in [4.78, 5) is 3.94. The van der Waals surface area contributed by atoms with E-state index in [1.165, 1.54) is 12.3 Å².